The van der Waals surface area contributed by atoms with Gasteiger partial charge >= 0.3 is 12.3 Å². The van der Waals surface area contributed by atoms with E-state index in [-0.39, 0.29) is 24.6 Å². The lowest BCUT2D eigenvalue weighted by atomic mass is 9.97. The number of hydrogen-bond acceptors (Lipinski definition) is 2. The molecule has 0 aliphatic carbocycles. The largest absolute Gasteiger partial charge is 0.444 e. The van der Waals surface area contributed by atoms with Gasteiger partial charge in [0.05, 0.1) is 6.04 Å². The summed E-state index contributed by atoms with van der Waals surface area (Å²) in [7, 11) is 0. The molecule has 2 unspecified atom stereocenters. The van der Waals surface area contributed by atoms with Gasteiger partial charge in [-0.25, -0.2) is 4.79 Å². The monoisotopic (exact) mass is 319 g/mol. The van der Waals surface area contributed by atoms with Crippen molar-refractivity contribution in [2.45, 2.75) is 83.2 Å². The van der Waals surface area contributed by atoms with Crippen LogP contribution in [0.1, 0.15) is 59.3 Å². The van der Waals surface area contributed by atoms with E-state index in [4.69, 9.17) is 4.74 Å². The van der Waals surface area contributed by atoms with Gasteiger partial charge in [-0.3, -0.25) is 4.90 Å². The minimum Gasteiger partial charge on any atom is -0.444 e. The van der Waals surface area contributed by atoms with Crippen LogP contribution in [0.2, 0.25) is 0 Å². The van der Waals surface area contributed by atoms with Gasteiger partial charge in [0.25, 0.3) is 0 Å². The molecular weight excluding hydrogens is 295 g/mol. The highest BCUT2D eigenvalue weighted by atomic mass is 19.4. The van der Waals surface area contributed by atoms with Crippen molar-refractivity contribution in [3.63, 3.8) is 0 Å². The second-order valence-corrected chi connectivity index (χ2v) is 7.18. The molecule has 0 spiro atoms. The smallest absolute Gasteiger partial charge is 0.411 e. The SMILES string of the molecule is CC(C)(C)OC(=O)N1C2C=C(CCCC(F)(F)F)CC1CC2. The molecule has 22 heavy (non-hydrogen) atoms. The summed E-state index contributed by atoms with van der Waals surface area (Å²) in [6.45, 7) is 5.49. The number of amides is 1. The average Bonchev–Trinajstić information content (AvgIpc) is 2.58. The zero-order valence-corrected chi connectivity index (χ0v) is 13.4. The number of carbonyl (C=O) groups excluding carboxylic acids is 1. The van der Waals surface area contributed by atoms with Crippen LogP contribution in [0.15, 0.2) is 11.6 Å². The molecule has 2 bridgehead atoms. The third-order valence-electron chi connectivity index (χ3n) is 4.03. The molecule has 1 amide bonds. The number of carbonyl (C=O) groups is 1. The number of rotatable bonds is 3. The fourth-order valence-corrected chi connectivity index (χ4v) is 3.22. The fraction of sp³-hybridized carbons (Fsp3) is 0.812. The molecular formula is C16H24F3NO2. The molecule has 1 fully saturated rings. The molecule has 0 N–H and O–H groups in total. The van der Waals surface area contributed by atoms with Crippen LogP contribution in [0.4, 0.5) is 18.0 Å². The van der Waals surface area contributed by atoms with Crippen LogP contribution in [0.5, 0.6) is 0 Å². The van der Waals surface area contributed by atoms with E-state index in [1.165, 1.54) is 0 Å². The van der Waals surface area contributed by atoms with Crippen LogP contribution in [-0.2, 0) is 4.74 Å². The summed E-state index contributed by atoms with van der Waals surface area (Å²) in [6, 6.07) is 0.0558. The maximum atomic E-state index is 12.3. The Kier molecular flexibility index (Phi) is 4.78. The summed E-state index contributed by atoms with van der Waals surface area (Å²) in [4.78, 5) is 14.0. The van der Waals surface area contributed by atoms with Crippen LogP contribution in [0, 0.1) is 0 Å². The standard InChI is InChI=1S/C16H24F3NO2/c1-15(2,3)22-14(21)20-12-6-7-13(20)10-11(9-12)5-4-8-16(17,18)19/h9,12-13H,4-8,10H2,1-3H3. The van der Waals surface area contributed by atoms with Crippen LogP contribution < -0.4 is 0 Å². The summed E-state index contributed by atoms with van der Waals surface area (Å²) in [5.41, 5.74) is 0.518. The van der Waals surface area contributed by atoms with Gasteiger partial charge in [0.15, 0.2) is 0 Å². The molecule has 2 aliphatic heterocycles. The maximum Gasteiger partial charge on any atom is 0.411 e. The first-order valence-electron chi connectivity index (χ1n) is 7.83. The van der Waals surface area contributed by atoms with Crippen molar-refractivity contribution in [3.8, 4) is 0 Å². The minimum atomic E-state index is -4.09. The highest BCUT2D eigenvalue weighted by Gasteiger charge is 2.41. The lowest BCUT2D eigenvalue weighted by molar-refractivity contribution is -0.135. The highest BCUT2D eigenvalue weighted by Crippen LogP contribution is 2.37. The van der Waals surface area contributed by atoms with E-state index < -0.39 is 18.2 Å². The normalized spacial score (nSPS) is 25.2. The number of hydrogen-bond donors (Lipinski definition) is 0. The Hall–Kier alpha value is -1.20. The molecule has 126 valence electrons. The molecule has 2 aliphatic rings. The summed E-state index contributed by atoms with van der Waals surface area (Å²) in [6.07, 6.45) is -0.138. The van der Waals surface area contributed by atoms with Gasteiger partial charge < -0.3 is 4.74 Å². The first-order chi connectivity index (χ1) is 10.1. The van der Waals surface area contributed by atoms with Gasteiger partial charge in [0, 0.05) is 12.5 Å². The van der Waals surface area contributed by atoms with Crippen LogP contribution >= 0.6 is 0 Å². The highest BCUT2D eigenvalue weighted by molar-refractivity contribution is 5.70. The van der Waals surface area contributed by atoms with Gasteiger partial charge in [-0.15, -0.1) is 0 Å². The second-order valence-electron chi connectivity index (χ2n) is 7.18. The number of ether oxygens (including phenoxy) is 1. The van der Waals surface area contributed by atoms with Crippen molar-refractivity contribution in [1.82, 2.24) is 4.90 Å². The molecule has 2 rings (SSSR count). The van der Waals surface area contributed by atoms with Gasteiger partial charge in [-0.1, -0.05) is 11.6 Å². The summed E-state index contributed by atoms with van der Waals surface area (Å²) >= 11 is 0. The van der Waals surface area contributed by atoms with Crippen molar-refractivity contribution in [3.05, 3.63) is 11.6 Å². The third kappa shape index (κ3) is 4.65. The Morgan fingerprint density at radius 1 is 1.32 bits per heavy atom. The van der Waals surface area contributed by atoms with E-state index in [0.29, 0.717) is 12.8 Å². The first kappa shape index (κ1) is 17.2. The van der Waals surface area contributed by atoms with Crippen molar-refractivity contribution in [2.24, 2.45) is 0 Å². The fourth-order valence-electron chi connectivity index (χ4n) is 3.22. The van der Waals surface area contributed by atoms with Crippen LogP contribution in [0.25, 0.3) is 0 Å². The van der Waals surface area contributed by atoms with Crippen molar-refractivity contribution in [2.75, 3.05) is 0 Å². The molecule has 2 heterocycles. The average molecular weight is 319 g/mol. The minimum absolute atomic E-state index is 0.0190. The first-order valence-corrected chi connectivity index (χ1v) is 7.83. The zero-order chi connectivity index (χ0) is 16.5. The number of halogens is 3. The Morgan fingerprint density at radius 3 is 2.55 bits per heavy atom. The summed E-state index contributed by atoms with van der Waals surface area (Å²) in [5, 5.41) is 0. The van der Waals surface area contributed by atoms with E-state index in [2.05, 4.69) is 0 Å². The van der Waals surface area contributed by atoms with Crippen molar-refractivity contribution in [1.29, 1.82) is 0 Å². The van der Waals surface area contributed by atoms with Gasteiger partial charge in [-0.05, 0) is 52.9 Å². The molecule has 0 saturated carbocycles. The summed E-state index contributed by atoms with van der Waals surface area (Å²) < 4.78 is 42.1. The Morgan fingerprint density at radius 2 is 2.00 bits per heavy atom. The van der Waals surface area contributed by atoms with Crippen molar-refractivity contribution >= 4 is 6.09 Å². The molecule has 6 heteroatoms. The topological polar surface area (TPSA) is 29.5 Å². The quantitative estimate of drug-likeness (QED) is 0.698. The van der Waals surface area contributed by atoms with Gasteiger partial charge in [0.1, 0.15) is 5.60 Å². The number of alkyl halides is 3. The van der Waals surface area contributed by atoms with Crippen LogP contribution in [-0.4, -0.2) is 34.9 Å². The van der Waals surface area contributed by atoms with E-state index in [0.717, 1.165) is 18.4 Å². The molecule has 2 atom stereocenters. The molecule has 0 aromatic heterocycles. The van der Waals surface area contributed by atoms with E-state index >= 15 is 0 Å². The maximum absolute atomic E-state index is 12.3. The Labute approximate surface area is 129 Å². The lowest BCUT2D eigenvalue weighted by Crippen LogP contribution is -2.45. The predicted molar refractivity (Wildman–Crippen MR) is 77.5 cm³/mol. The molecule has 3 nitrogen and oxygen atoms in total. The van der Waals surface area contributed by atoms with Gasteiger partial charge in [0.2, 0.25) is 0 Å². The molecule has 0 radical (unpaired) electrons. The Balaban J connectivity index is 1.93. The number of fused-ring (bicyclic) bond motifs is 2. The number of nitrogens with zero attached hydrogens (tertiary/aromatic N) is 1. The Bertz CT molecular complexity index is 451. The zero-order valence-electron chi connectivity index (χ0n) is 13.4. The summed E-state index contributed by atoms with van der Waals surface area (Å²) in [5.74, 6) is 0. The lowest BCUT2D eigenvalue weighted by Gasteiger charge is -2.35. The second kappa shape index (κ2) is 6.13. The molecule has 0 aromatic rings. The van der Waals surface area contributed by atoms with Crippen molar-refractivity contribution < 1.29 is 22.7 Å². The van der Waals surface area contributed by atoms with Gasteiger partial charge in [-0.2, -0.15) is 13.2 Å². The molecule has 0 aromatic carbocycles. The third-order valence-corrected chi connectivity index (χ3v) is 4.03. The van der Waals surface area contributed by atoms with E-state index in [1.54, 1.807) is 4.90 Å². The predicted octanol–water partition coefficient (Wildman–Crippen LogP) is 4.82. The molecule has 1 saturated heterocycles. The van der Waals surface area contributed by atoms with E-state index in [9.17, 15) is 18.0 Å². The van der Waals surface area contributed by atoms with E-state index in [1.807, 2.05) is 26.8 Å². The van der Waals surface area contributed by atoms with Crippen LogP contribution in [0.3, 0.4) is 0 Å².